The van der Waals surface area contributed by atoms with E-state index in [9.17, 15) is 13.2 Å². The van der Waals surface area contributed by atoms with Crippen LogP contribution in [-0.2, 0) is 14.8 Å². The monoisotopic (exact) mass is 377 g/mol. The van der Waals surface area contributed by atoms with Gasteiger partial charge in [-0.1, -0.05) is 24.3 Å². The molecule has 0 saturated heterocycles. The summed E-state index contributed by atoms with van der Waals surface area (Å²) >= 11 is 1.48. The minimum absolute atomic E-state index is 0.0407. The van der Waals surface area contributed by atoms with Gasteiger partial charge in [0, 0.05) is 10.6 Å². The van der Waals surface area contributed by atoms with Crippen LogP contribution in [-0.4, -0.2) is 27.2 Å². The third kappa shape index (κ3) is 4.64. The number of hydrogen-bond donors (Lipinski definition) is 1. The molecule has 7 heteroatoms. The standard InChI is InChI=1S/C18H19NO4S2/c1-4-11-24-16-8-6-5-7-15(16)19-25(21,22)17-12-14(18(20)23-3)10-9-13(17)2/h4-10,12,19H,1,11H2,2-3H3. The lowest BCUT2D eigenvalue weighted by molar-refractivity contribution is 0.0600. The van der Waals surface area contributed by atoms with Crippen molar-refractivity contribution < 1.29 is 17.9 Å². The van der Waals surface area contributed by atoms with Crippen molar-refractivity contribution in [2.75, 3.05) is 17.6 Å². The van der Waals surface area contributed by atoms with E-state index in [0.717, 1.165) is 4.90 Å². The first-order chi connectivity index (χ1) is 11.9. The molecule has 2 rings (SSSR count). The van der Waals surface area contributed by atoms with E-state index in [-0.39, 0.29) is 10.5 Å². The lowest BCUT2D eigenvalue weighted by Crippen LogP contribution is -2.16. The molecule has 2 aromatic carbocycles. The van der Waals surface area contributed by atoms with Crippen LogP contribution in [0.3, 0.4) is 0 Å². The third-order valence-corrected chi connectivity index (χ3v) is 5.96. The Labute approximate surface area is 152 Å². The summed E-state index contributed by atoms with van der Waals surface area (Å²) in [6.45, 7) is 5.34. The summed E-state index contributed by atoms with van der Waals surface area (Å²) in [7, 11) is -2.60. The number of hydrogen-bond acceptors (Lipinski definition) is 5. The van der Waals surface area contributed by atoms with Gasteiger partial charge >= 0.3 is 5.97 Å². The van der Waals surface area contributed by atoms with Crippen LogP contribution in [0.25, 0.3) is 0 Å². The Morgan fingerprint density at radius 1 is 1.28 bits per heavy atom. The van der Waals surface area contributed by atoms with Crippen molar-refractivity contribution in [1.82, 2.24) is 0 Å². The highest BCUT2D eigenvalue weighted by Crippen LogP contribution is 2.29. The summed E-state index contributed by atoms with van der Waals surface area (Å²) in [5.41, 5.74) is 1.20. The van der Waals surface area contributed by atoms with Crippen molar-refractivity contribution in [2.24, 2.45) is 0 Å². The first-order valence-electron chi connectivity index (χ1n) is 7.43. The molecule has 5 nitrogen and oxygen atoms in total. The van der Waals surface area contributed by atoms with E-state index in [1.807, 2.05) is 12.1 Å². The molecule has 0 fully saturated rings. The summed E-state index contributed by atoms with van der Waals surface area (Å²) in [5, 5.41) is 0. The van der Waals surface area contributed by atoms with Gasteiger partial charge in [0.05, 0.1) is 23.3 Å². The van der Waals surface area contributed by atoms with E-state index in [1.54, 1.807) is 31.2 Å². The van der Waals surface area contributed by atoms with Gasteiger partial charge in [-0.25, -0.2) is 13.2 Å². The molecule has 0 unspecified atom stereocenters. The summed E-state index contributed by atoms with van der Waals surface area (Å²) in [6, 6.07) is 11.6. The fourth-order valence-corrected chi connectivity index (χ4v) is 4.32. The zero-order chi connectivity index (χ0) is 18.4. The number of rotatable bonds is 7. The molecule has 0 saturated carbocycles. The molecule has 0 atom stereocenters. The second-order valence-electron chi connectivity index (χ2n) is 5.17. The molecule has 0 amide bonds. The number of esters is 1. The number of nitrogens with one attached hydrogen (secondary N) is 1. The highest BCUT2D eigenvalue weighted by atomic mass is 32.2. The van der Waals surface area contributed by atoms with E-state index in [0.29, 0.717) is 17.0 Å². The van der Waals surface area contributed by atoms with Crippen molar-refractivity contribution >= 4 is 33.4 Å². The summed E-state index contributed by atoms with van der Waals surface area (Å²) < 4.78 is 32.9. The Morgan fingerprint density at radius 2 is 2.00 bits per heavy atom. The second kappa shape index (κ2) is 8.22. The molecule has 0 bridgehead atoms. The lowest BCUT2D eigenvalue weighted by Gasteiger charge is -2.14. The number of sulfonamides is 1. The van der Waals surface area contributed by atoms with Gasteiger partial charge in [-0.2, -0.15) is 0 Å². The fraction of sp³-hybridized carbons (Fsp3) is 0.167. The molecule has 1 N–H and O–H groups in total. The quantitative estimate of drug-likeness (QED) is 0.451. The Balaban J connectivity index is 2.40. The fourth-order valence-electron chi connectivity index (χ4n) is 2.16. The average molecular weight is 377 g/mol. The van der Waals surface area contributed by atoms with E-state index in [4.69, 9.17) is 0 Å². The number of ether oxygens (including phenoxy) is 1. The SMILES string of the molecule is C=CCSc1ccccc1NS(=O)(=O)c1cc(C(=O)OC)ccc1C. The number of carbonyl (C=O) groups excluding carboxylic acids is 1. The Kier molecular flexibility index (Phi) is 6.27. The number of anilines is 1. The number of aryl methyl sites for hydroxylation is 1. The minimum Gasteiger partial charge on any atom is -0.465 e. The van der Waals surface area contributed by atoms with Gasteiger partial charge in [-0.3, -0.25) is 4.72 Å². The molecule has 25 heavy (non-hydrogen) atoms. The van der Waals surface area contributed by atoms with Crippen molar-refractivity contribution in [3.63, 3.8) is 0 Å². The van der Waals surface area contributed by atoms with Crippen LogP contribution < -0.4 is 4.72 Å². The summed E-state index contributed by atoms with van der Waals surface area (Å²) in [5.74, 6) is 0.0775. The predicted octanol–water partition coefficient (Wildman–Crippen LogP) is 3.86. The maximum atomic E-state index is 12.8. The van der Waals surface area contributed by atoms with Crippen LogP contribution in [0.5, 0.6) is 0 Å². The molecule has 0 aliphatic carbocycles. The molecule has 0 aliphatic rings. The molecular formula is C18H19NO4S2. The van der Waals surface area contributed by atoms with Crippen LogP contribution >= 0.6 is 11.8 Å². The largest absolute Gasteiger partial charge is 0.465 e. The Hall–Kier alpha value is -2.25. The van der Waals surface area contributed by atoms with E-state index in [1.165, 1.54) is 31.0 Å². The average Bonchev–Trinajstić information content (AvgIpc) is 2.60. The van der Waals surface area contributed by atoms with Crippen LogP contribution in [0.4, 0.5) is 5.69 Å². The normalized spacial score (nSPS) is 11.0. The summed E-state index contributed by atoms with van der Waals surface area (Å²) in [4.78, 5) is 12.5. The van der Waals surface area contributed by atoms with E-state index >= 15 is 0 Å². The van der Waals surface area contributed by atoms with Crippen molar-refractivity contribution in [3.8, 4) is 0 Å². The smallest absolute Gasteiger partial charge is 0.337 e. The molecule has 0 radical (unpaired) electrons. The van der Waals surface area contributed by atoms with Gasteiger partial charge in [0.25, 0.3) is 10.0 Å². The Bertz CT molecular complexity index is 892. The van der Waals surface area contributed by atoms with E-state index < -0.39 is 16.0 Å². The zero-order valence-corrected chi connectivity index (χ0v) is 15.6. The predicted molar refractivity (Wildman–Crippen MR) is 101 cm³/mol. The number of carbonyl (C=O) groups is 1. The van der Waals surface area contributed by atoms with Crippen molar-refractivity contribution in [3.05, 3.63) is 66.2 Å². The highest BCUT2D eigenvalue weighted by Gasteiger charge is 2.20. The van der Waals surface area contributed by atoms with E-state index in [2.05, 4.69) is 16.0 Å². The molecule has 0 heterocycles. The minimum atomic E-state index is -3.85. The van der Waals surface area contributed by atoms with Gasteiger partial charge in [0.2, 0.25) is 0 Å². The molecule has 2 aromatic rings. The number of para-hydroxylation sites is 1. The molecule has 132 valence electrons. The third-order valence-electron chi connectivity index (χ3n) is 3.39. The second-order valence-corrected chi connectivity index (χ2v) is 7.89. The van der Waals surface area contributed by atoms with Crippen LogP contribution in [0, 0.1) is 6.92 Å². The maximum Gasteiger partial charge on any atom is 0.337 e. The summed E-state index contributed by atoms with van der Waals surface area (Å²) in [6.07, 6.45) is 1.75. The van der Waals surface area contributed by atoms with Gasteiger partial charge in [-0.05, 0) is 36.8 Å². The topological polar surface area (TPSA) is 72.5 Å². The molecule has 0 aromatic heterocycles. The van der Waals surface area contributed by atoms with Crippen LogP contribution in [0.1, 0.15) is 15.9 Å². The van der Waals surface area contributed by atoms with Gasteiger partial charge in [0.1, 0.15) is 0 Å². The Morgan fingerprint density at radius 3 is 2.68 bits per heavy atom. The first-order valence-corrected chi connectivity index (χ1v) is 9.90. The lowest BCUT2D eigenvalue weighted by atomic mass is 10.1. The number of thioether (sulfide) groups is 1. The van der Waals surface area contributed by atoms with Crippen LogP contribution in [0.15, 0.2) is 64.9 Å². The zero-order valence-electron chi connectivity index (χ0n) is 14.0. The molecule has 0 spiro atoms. The van der Waals surface area contributed by atoms with Gasteiger partial charge in [0.15, 0.2) is 0 Å². The van der Waals surface area contributed by atoms with Crippen molar-refractivity contribution in [1.29, 1.82) is 0 Å². The highest BCUT2D eigenvalue weighted by molar-refractivity contribution is 7.99. The van der Waals surface area contributed by atoms with Gasteiger partial charge < -0.3 is 4.74 Å². The maximum absolute atomic E-state index is 12.8. The first kappa shape index (κ1) is 19.1. The molecular weight excluding hydrogens is 358 g/mol. The van der Waals surface area contributed by atoms with Crippen molar-refractivity contribution in [2.45, 2.75) is 16.7 Å². The van der Waals surface area contributed by atoms with Crippen LogP contribution in [0.2, 0.25) is 0 Å². The number of methoxy groups -OCH3 is 1. The molecule has 0 aliphatic heterocycles. The van der Waals surface area contributed by atoms with Gasteiger partial charge in [-0.15, -0.1) is 18.3 Å². The number of benzene rings is 2.